The van der Waals surface area contributed by atoms with E-state index in [1.807, 2.05) is 195 Å². The van der Waals surface area contributed by atoms with E-state index in [4.69, 9.17) is 80.3 Å². The SMILES string of the molecule is C.C.C.C1CCOC1.CC(C)(C)OC(=O)N1CCC[C@H]1C1=NC(Br)=C(Br)C1.CC(C)(C)OC(=O)N1CCC[C@H]1C1=NC=C(Br)C1.CC(C)(C)OC(=O)N1CCC[C@H]1C1=NC=CC1.CC(C)(C)OC(=O)N1CCC[C@H]1C=O.CC(C)(C)OC(=O)N1CCC[C@H]1CO.COc1ccc2cc(-c3cnc([C@@H]4CCCN4C(=O)OC(C)(C)C)[nH]3)ccc2c1.COc1ccc2cc(B(O)O)ccc2c1.N.O=CC=O.O=[S-](=O)[O-].[B]=NS.[Na+].[Na+]. The number of aromatic amines is 1. The first kappa shape index (κ1) is 143. The molecule has 148 heavy (non-hydrogen) atoms. The molecule has 7 N–H and O–H groups in total. The Kier molecular flexibility index (Phi) is 66.7. The smallest absolute Gasteiger partial charge is 1.00 e. The Morgan fingerprint density at radius 2 is 0.892 bits per heavy atom. The molecule has 6 atom stereocenters. The number of thiol groups is 1. The Balaban J connectivity index is 0. The summed E-state index contributed by atoms with van der Waals surface area (Å²) in [5.74, 6) is 2.44. The van der Waals surface area contributed by atoms with Gasteiger partial charge in [-0.2, -0.15) is 11.0 Å². The van der Waals surface area contributed by atoms with Crippen LogP contribution < -0.4 is 80.2 Å². The standard InChI is InChI=1S/C23H27N3O3.C13H18Br2N2O2.C13H19BrN2O2.C13H20N2O2.C11H11BO3.C10H19NO3.C10H17NO3.C4H8O.C2H2O2.3CH4.BHNS.H3N.2Na.O3S/c1-23(2,3)29-22(27)26-11-5-6-20(26)21-24-14-19(25-21)17-8-7-16-13-18(28-4)10-9-15(16)12-17;1-13(2,3)19-12(18)17-6-4-5-10(17)9-7-8(14)11(15)16-9;1-13(2,3)18-12(17)16-6-4-5-11(16)10-7-9(14)8-15-10;1-13(2,3)17-12(16)15-9-5-7-11(15)10-6-4-8-14-10;1-15-11-5-3-8-6-10(12(13)14)4-2-9(8)7-11;2*1-10(2,3)14-9(13)11-6-4-5-8(11)7-12;1-2-4-5-3-1;3-1-2-4;;;;1-2-3;;;;1-4(2)3/h7-10,12-14,20H,5-6,11H2,1-4H3,(H,24,25);10H,4-7H2,1-3H3;8,11H,4-7H2,1-3H3;4,8,11H,5-7,9H2,1-3H3;2-7,13-14H,1H3;8,12H,4-7H2,1-3H3;7-8H,4-6H2,1-3H3;1-4H2;1-2H;3*1H4;3H;1H3;;;/q;;;;;;;;;;;;;;2*+1;-2/t20-;10-;2*11-;;2*8-;;;;;;;;;;/m0000.00........../s1. The number of ether oxygens (including phenoxy) is 9. The molecule has 0 unspecified atom stereocenters. The first-order chi connectivity index (χ1) is 66.6. The molecule has 1 radical (unpaired) electrons. The second-order valence-corrected chi connectivity index (χ2v) is 43.3. The second-order valence-electron chi connectivity index (χ2n) is 39.9. The van der Waals surface area contributed by atoms with Crippen LogP contribution in [0.3, 0.4) is 0 Å². The Morgan fingerprint density at radius 3 is 1.26 bits per heavy atom. The summed E-state index contributed by atoms with van der Waals surface area (Å²) in [7, 11) is 3.10. The van der Waals surface area contributed by atoms with Gasteiger partial charge >= 0.3 is 128 Å². The number of fused-ring (bicyclic) bond motifs is 2. The fraction of sp³-hybridized carbons (Fsp3) is 0.598. The number of likely N-dealkylation sites (tertiary alicyclic amines) is 6. The van der Waals surface area contributed by atoms with Gasteiger partial charge in [0.05, 0.1) is 69.0 Å². The van der Waals surface area contributed by atoms with Gasteiger partial charge in [-0.15, -0.1) is 0 Å². The zero-order valence-electron chi connectivity index (χ0n) is 88.0. The van der Waals surface area contributed by atoms with Crippen LogP contribution in [0.15, 0.2) is 130 Å². The van der Waals surface area contributed by atoms with E-state index in [0.29, 0.717) is 25.1 Å². The molecule has 46 heteroatoms. The summed E-state index contributed by atoms with van der Waals surface area (Å²) in [4.78, 5) is 132. The van der Waals surface area contributed by atoms with Gasteiger partial charge in [0.25, 0.3) is 0 Å². The molecule has 4 aromatic carbocycles. The maximum Gasteiger partial charge on any atom is 1.00 e. The van der Waals surface area contributed by atoms with Crippen LogP contribution >= 0.6 is 60.6 Å². The van der Waals surface area contributed by atoms with Crippen LogP contribution in [0.1, 0.15) is 268 Å². The van der Waals surface area contributed by atoms with Crippen LogP contribution in [-0.2, 0) is 66.9 Å². The number of hydrogen-bond acceptors (Lipinski definition) is 32. The number of nitrogens with zero attached hydrogens (tertiary/aromatic N) is 11. The Hall–Kier alpha value is -7.50. The average molecular weight is 2320 g/mol. The van der Waals surface area contributed by atoms with E-state index in [-0.39, 0.29) is 180 Å². The largest absolute Gasteiger partial charge is 1.00 e. The van der Waals surface area contributed by atoms with E-state index in [2.05, 4.69) is 122 Å². The topological polar surface area (TPSA) is 487 Å². The monoisotopic (exact) mass is 2320 g/mol. The average Bonchev–Trinajstić information content (AvgIpc) is 1.64. The number of benzene rings is 4. The maximum absolute atomic E-state index is 12.6. The number of halogens is 3. The predicted octanol–water partition coefficient (Wildman–Crippen LogP) is 15.1. The third kappa shape index (κ3) is 51.5. The fourth-order valence-corrected chi connectivity index (χ4v) is 16.8. The molecule has 0 spiro atoms. The van der Waals surface area contributed by atoms with E-state index >= 15 is 0 Å². The van der Waals surface area contributed by atoms with Crippen molar-refractivity contribution >= 4 is 186 Å². The molecule has 0 aliphatic carbocycles. The van der Waals surface area contributed by atoms with Crippen molar-refractivity contribution in [3.8, 4) is 22.8 Å². The van der Waals surface area contributed by atoms with Gasteiger partial charge in [-0.05, 0) is 288 Å². The maximum atomic E-state index is 12.6. The number of carbonyl (C=O) groups is 9. The minimum absolute atomic E-state index is 0. The molecule has 11 heterocycles. The van der Waals surface area contributed by atoms with Gasteiger partial charge in [0.1, 0.15) is 61.8 Å². The van der Waals surface area contributed by atoms with Crippen LogP contribution in [0.25, 0.3) is 32.8 Å². The van der Waals surface area contributed by atoms with Gasteiger partial charge in [0.2, 0.25) is 0 Å². The molecule has 0 saturated carbocycles. The van der Waals surface area contributed by atoms with Gasteiger partial charge < -0.3 is 91.6 Å². The molecule has 1 aromatic heterocycles. The normalized spacial score (nSPS) is 18.6. The third-order valence-corrected chi connectivity index (χ3v) is 24.0. The number of methoxy groups -OCH3 is 2. The molecular formula is C102H157B2Br3N13Na2O24S2. The van der Waals surface area contributed by atoms with Gasteiger partial charge in [0.15, 0.2) is 12.6 Å². The number of rotatable bonds is 11. The Morgan fingerprint density at radius 1 is 0.527 bits per heavy atom. The molecule has 10 aliphatic rings. The number of nitrogens with one attached hydrogen (secondary N) is 1. The molecule has 7 saturated heterocycles. The number of carbonyl (C=O) groups excluding carboxylic acids is 9. The molecule has 15 rings (SSSR count). The summed E-state index contributed by atoms with van der Waals surface area (Å²) in [5, 5.41) is 31.3. The summed E-state index contributed by atoms with van der Waals surface area (Å²) in [5.41, 5.74) is 2.88. The molecule has 6 amide bonds. The minimum Gasteiger partial charge on any atom is 1.00 e. The number of aldehydes is 3. The predicted molar refractivity (Wildman–Crippen MR) is 588 cm³/mol. The molecule has 37 nitrogen and oxygen atoms in total. The number of aromatic nitrogens is 2. The molecular weight excluding hydrogens is 2160 g/mol. The van der Waals surface area contributed by atoms with Gasteiger partial charge in [0, 0.05) is 116 Å². The number of hydrogen-bond donors (Lipinski definition) is 6. The second kappa shape index (κ2) is 69.3. The summed E-state index contributed by atoms with van der Waals surface area (Å²) in [6.07, 6.45) is 23.3. The van der Waals surface area contributed by atoms with Crippen molar-refractivity contribution in [2.45, 2.75) is 326 Å². The number of amides is 6. The number of aliphatic imine (C=N–C) groups is 3. The van der Waals surface area contributed by atoms with Crippen molar-refractivity contribution in [2.75, 3.05) is 73.3 Å². The number of aliphatic hydroxyl groups excluding tert-OH is 1. The quantitative estimate of drug-likeness (QED) is 0.00823. The Bertz CT molecular complexity index is 5270. The molecule has 0 bridgehead atoms. The third-order valence-electron chi connectivity index (χ3n) is 21.7. The van der Waals surface area contributed by atoms with Crippen molar-refractivity contribution in [1.29, 1.82) is 0 Å². The molecule has 10 aliphatic heterocycles. The van der Waals surface area contributed by atoms with Crippen LogP contribution in [0.4, 0.5) is 28.8 Å². The summed E-state index contributed by atoms with van der Waals surface area (Å²) in [6, 6.07) is 23.1. The van der Waals surface area contributed by atoms with Crippen molar-refractivity contribution in [2.24, 2.45) is 19.3 Å². The number of aliphatic hydroxyl groups is 1. The van der Waals surface area contributed by atoms with E-state index < -0.39 is 51.7 Å². The van der Waals surface area contributed by atoms with Gasteiger partial charge in [-0.3, -0.25) is 44.1 Å². The molecule has 5 aromatic rings. The van der Waals surface area contributed by atoms with E-state index in [1.54, 1.807) is 41.1 Å². The number of H-pyrrole nitrogens is 1. The summed E-state index contributed by atoms with van der Waals surface area (Å²) >= 11 is 13.5. The van der Waals surface area contributed by atoms with Crippen LogP contribution in [0.2, 0.25) is 0 Å². The zero-order chi connectivity index (χ0) is 106. The summed E-state index contributed by atoms with van der Waals surface area (Å²) < 4.78 is 78.6. The van der Waals surface area contributed by atoms with Crippen LogP contribution in [-0.4, -0.2) is 284 Å². The Labute approximate surface area is 954 Å². The van der Waals surface area contributed by atoms with Crippen molar-refractivity contribution in [3.05, 3.63) is 117 Å². The first-order valence-corrected chi connectivity index (χ1v) is 51.0. The summed E-state index contributed by atoms with van der Waals surface area (Å²) in [6.45, 7) is 40.0. The van der Waals surface area contributed by atoms with Crippen molar-refractivity contribution < 1.29 is 173 Å². The van der Waals surface area contributed by atoms with Crippen molar-refractivity contribution in [1.82, 2.24) is 45.5 Å². The van der Waals surface area contributed by atoms with Crippen molar-refractivity contribution in [3.63, 3.8) is 0 Å². The van der Waals surface area contributed by atoms with E-state index in [9.17, 15) is 33.6 Å². The number of allylic oxidation sites excluding steroid dienone is 3. The minimum atomic E-state index is -3.11. The first-order valence-electron chi connectivity index (χ1n) is 47.2. The molecule has 7 fully saturated rings. The number of imidazole rings is 1. The zero-order valence-corrected chi connectivity index (χ0v) is 98.5. The van der Waals surface area contributed by atoms with Gasteiger partial charge in [-0.25, -0.2) is 38.7 Å². The van der Waals surface area contributed by atoms with Crippen LogP contribution in [0.5, 0.6) is 11.5 Å². The van der Waals surface area contributed by atoms with Gasteiger partial charge in [-0.1, -0.05) is 103 Å². The van der Waals surface area contributed by atoms with E-state index in [1.165, 1.54) is 17.7 Å². The van der Waals surface area contributed by atoms with E-state index in [0.717, 1.165) is 216 Å². The molecule has 815 valence electrons. The van der Waals surface area contributed by atoms with Crippen LogP contribution in [0, 0.1) is 0 Å². The fourth-order valence-electron chi connectivity index (χ4n) is 15.7.